The van der Waals surface area contributed by atoms with E-state index in [1.807, 2.05) is 0 Å². The van der Waals surface area contributed by atoms with Crippen molar-refractivity contribution in [2.45, 2.75) is 31.5 Å². The molecule has 0 saturated heterocycles. The number of hydrogen-bond donors (Lipinski definition) is 5. The van der Waals surface area contributed by atoms with Crippen LogP contribution in [0.5, 0.6) is 0 Å². The number of ether oxygens (including phenoxy) is 1. The van der Waals surface area contributed by atoms with Crippen molar-refractivity contribution in [3.8, 4) is 0 Å². The van der Waals surface area contributed by atoms with Crippen LogP contribution < -0.4 is 0 Å². The maximum atomic E-state index is 10.7. The molecule has 0 radical (unpaired) electrons. The third-order valence-electron chi connectivity index (χ3n) is 1.45. The molecule has 0 aliphatic rings. The fourth-order valence-corrected chi connectivity index (χ4v) is 0.585. The summed E-state index contributed by atoms with van der Waals surface area (Å²) < 4.78 is 4.14. The Balaban J connectivity index is 4.07. The lowest BCUT2D eigenvalue weighted by Crippen LogP contribution is -2.43. The summed E-state index contributed by atoms with van der Waals surface area (Å²) in [5, 5.41) is 43.9. The molecule has 0 aliphatic heterocycles. The first-order valence-corrected chi connectivity index (χ1v) is 3.93. The van der Waals surface area contributed by atoms with Crippen molar-refractivity contribution < 1.29 is 35.1 Å². The highest BCUT2D eigenvalue weighted by Crippen LogP contribution is 2.03. The van der Waals surface area contributed by atoms with Gasteiger partial charge >= 0.3 is 5.97 Å². The molecular weight excluding hydrogens is 196 g/mol. The van der Waals surface area contributed by atoms with Gasteiger partial charge in [-0.2, -0.15) is 0 Å². The van der Waals surface area contributed by atoms with Crippen LogP contribution in [0.15, 0.2) is 0 Å². The van der Waals surface area contributed by atoms with Gasteiger partial charge in [-0.25, -0.2) is 4.79 Å². The van der Waals surface area contributed by atoms with Gasteiger partial charge in [0.2, 0.25) is 6.29 Å². The molecule has 84 valence electrons. The zero-order valence-electron chi connectivity index (χ0n) is 7.57. The summed E-state index contributed by atoms with van der Waals surface area (Å²) in [5.74, 6) is -1.14. The highest BCUT2D eigenvalue weighted by atomic mass is 16.7. The minimum absolute atomic E-state index is 0.787. The molecule has 0 rings (SSSR count). The minimum Gasteiger partial charge on any atom is -0.431 e. The van der Waals surface area contributed by atoms with Gasteiger partial charge in [0.25, 0.3) is 0 Å². The summed E-state index contributed by atoms with van der Waals surface area (Å²) in [5.41, 5.74) is 0. The van der Waals surface area contributed by atoms with E-state index in [-0.39, 0.29) is 0 Å². The molecule has 7 nitrogen and oxygen atoms in total. The predicted octanol–water partition coefficient (Wildman–Crippen LogP) is -3.06. The van der Waals surface area contributed by atoms with Gasteiger partial charge < -0.3 is 30.3 Å². The summed E-state index contributed by atoms with van der Waals surface area (Å²) in [6.45, 7) is 0.328. The van der Waals surface area contributed by atoms with Crippen LogP contribution in [-0.4, -0.2) is 62.7 Å². The molecule has 0 aromatic heterocycles. The number of esters is 1. The number of aliphatic hydroxyl groups is 5. The van der Waals surface area contributed by atoms with E-state index in [2.05, 4.69) is 4.74 Å². The smallest absolute Gasteiger partial charge is 0.337 e. The van der Waals surface area contributed by atoms with Crippen molar-refractivity contribution >= 4 is 5.97 Å². The van der Waals surface area contributed by atoms with Gasteiger partial charge in [0, 0.05) is 0 Å². The van der Waals surface area contributed by atoms with E-state index in [1.54, 1.807) is 0 Å². The highest BCUT2D eigenvalue weighted by molar-refractivity contribution is 5.73. The third kappa shape index (κ3) is 3.99. The van der Waals surface area contributed by atoms with Crippen molar-refractivity contribution in [3.05, 3.63) is 0 Å². The number of hydrogen-bond acceptors (Lipinski definition) is 7. The molecule has 5 N–H and O–H groups in total. The first-order valence-electron chi connectivity index (χ1n) is 3.93. The van der Waals surface area contributed by atoms with Crippen molar-refractivity contribution in [1.82, 2.24) is 0 Å². The van der Waals surface area contributed by atoms with Crippen molar-refractivity contribution in [1.29, 1.82) is 0 Å². The molecule has 14 heavy (non-hydrogen) atoms. The Hall–Kier alpha value is -0.730. The lowest BCUT2D eigenvalue weighted by Gasteiger charge is -2.21. The highest BCUT2D eigenvalue weighted by Gasteiger charge is 2.28. The molecule has 0 saturated carbocycles. The number of carbonyl (C=O) groups is 1. The zero-order valence-corrected chi connectivity index (χ0v) is 7.57. The van der Waals surface area contributed by atoms with E-state index in [0.717, 1.165) is 6.92 Å². The van der Waals surface area contributed by atoms with Gasteiger partial charge in [-0.3, -0.25) is 0 Å². The molecule has 0 bridgehead atoms. The van der Waals surface area contributed by atoms with Crippen LogP contribution in [0, 0.1) is 0 Å². The van der Waals surface area contributed by atoms with E-state index in [0.29, 0.717) is 0 Å². The van der Waals surface area contributed by atoms with Gasteiger partial charge in [-0.05, 0) is 6.92 Å². The molecule has 7 heteroatoms. The number of aliphatic hydroxyl groups excluding tert-OH is 5. The second-order valence-corrected chi connectivity index (χ2v) is 2.74. The maximum Gasteiger partial charge on any atom is 0.337 e. The second-order valence-electron chi connectivity index (χ2n) is 2.74. The molecule has 0 aliphatic carbocycles. The second kappa shape index (κ2) is 5.89. The van der Waals surface area contributed by atoms with Crippen LogP contribution in [-0.2, 0) is 9.53 Å². The van der Waals surface area contributed by atoms with Crippen LogP contribution in [0.3, 0.4) is 0 Å². The molecule has 0 aromatic carbocycles. The van der Waals surface area contributed by atoms with E-state index < -0.39 is 37.2 Å². The van der Waals surface area contributed by atoms with Gasteiger partial charge in [0.1, 0.15) is 18.3 Å². The topological polar surface area (TPSA) is 127 Å². The van der Waals surface area contributed by atoms with Crippen molar-refractivity contribution in [3.63, 3.8) is 0 Å². The van der Waals surface area contributed by atoms with E-state index >= 15 is 0 Å². The molecule has 4 atom stereocenters. The summed E-state index contributed by atoms with van der Waals surface area (Å²) in [7, 11) is 0. The average molecular weight is 210 g/mol. The number of carbonyl (C=O) groups excluding carboxylic acids is 1. The standard InChI is InChI=1S/C7H14O7/c1-3(9)6(12)14-7(13)5(11)4(10)2-8/h3-5,7-11,13H,2H2,1H3/t3?,4-,5+,7?/m1/s1. The molecule has 2 unspecified atom stereocenters. The monoisotopic (exact) mass is 210 g/mol. The Morgan fingerprint density at radius 3 is 2.14 bits per heavy atom. The SMILES string of the molecule is CC(O)C(=O)OC(O)[C@@H](O)[C@H](O)CO. The normalized spacial score (nSPS) is 19.6. The Morgan fingerprint density at radius 1 is 1.29 bits per heavy atom. The van der Waals surface area contributed by atoms with Gasteiger partial charge in [-0.15, -0.1) is 0 Å². The summed E-state index contributed by atoms with van der Waals surface area (Å²) in [6.07, 6.45) is -6.86. The van der Waals surface area contributed by atoms with Crippen molar-refractivity contribution in [2.75, 3.05) is 6.61 Å². The van der Waals surface area contributed by atoms with E-state index in [4.69, 9.17) is 25.5 Å². The maximum absolute atomic E-state index is 10.7. The summed E-state index contributed by atoms with van der Waals surface area (Å²) in [4.78, 5) is 10.7. The number of rotatable bonds is 5. The third-order valence-corrected chi connectivity index (χ3v) is 1.45. The molecule has 0 spiro atoms. The molecule has 0 aromatic rings. The molecule has 0 fully saturated rings. The Labute approximate surface area is 80.2 Å². The largest absolute Gasteiger partial charge is 0.431 e. The van der Waals surface area contributed by atoms with Gasteiger partial charge in [0.05, 0.1) is 6.61 Å². The zero-order chi connectivity index (χ0) is 11.3. The lowest BCUT2D eigenvalue weighted by atomic mass is 10.2. The van der Waals surface area contributed by atoms with Crippen LogP contribution in [0.25, 0.3) is 0 Å². The first kappa shape index (κ1) is 13.3. The Morgan fingerprint density at radius 2 is 1.79 bits per heavy atom. The van der Waals surface area contributed by atoms with Gasteiger partial charge in [0.15, 0.2) is 0 Å². The van der Waals surface area contributed by atoms with Crippen LogP contribution in [0.4, 0.5) is 0 Å². The molecule has 0 heterocycles. The minimum atomic E-state index is -1.99. The van der Waals surface area contributed by atoms with Crippen LogP contribution in [0.1, 0.15) is 6.92 Å². The quantitative estimate of drug-likeness (QED) is 0.241. The molecular formula is C7H14O7. The Bertz CT molecular complexity index is 181. The fourth-order valence-electron chi connectivity index (χ4n) is 0.585. The summed E-state index contributed by atoms with van der Waals surface area (Å²) >= 11 is 0. The van der Waals surface area contributed by atoms with Gasteiger partial charge in [-0.1, -0.05) is 0 Å². The first-order chi connectivity index (χ1) is 6.40. The fraction of sp³-hybridized carbons (Fsp3) is 0.857. The van der Waals surface area contributed by atoms with Crippen LogP contribution >= 0.6 is 0 Å². The van der Waals surface area contributed by atoms with E-state index in [9.17, 15) is 4.79 Å². The molecule has 0 amide bonds. The lowest BCUT2D eigenvalue weighted by molar-refractivity contribution is -0.207. The Kier molecular flexibility index (Phi) is 5.58. The van der Waals surface area contributed by atoms with Crippen molar-refractivity contribution in [2.24, 2.45) is 0 Å². The average Bonchev–Trinajstić information content (AvgIpc) is 2.14. The van der Waals surface area contributed by atoms with Crippen LogP contribution in [0.2, 0.25) is 0 Å². The van der Waals surface area contributed by atoms with E-state index in [1.165, 1.54) is 0 Å². The predicted molar refractivity (Wildman–Crippen MR) is 42.9 cm³/mol. The summed E-state index contributed by atoms with van der Waals surface area (Å²) in [6, 6.07) is 0.